The molecule has 7 heteroatoms. The summed E-state index contributed by atoms with van der Waals surface area (Å²) in [7, 11) is 0. The summed E-state index contributed by atoms with van der Waals surface area (Å²) in [5.41, 5.74) is 5.63. The molecular weight excluding hydrogens is 277 g/mol. The fraction of sp³-hybridized carbons (Fsp3) is 0.429. The van der Waals surface area contributed by atoms with Crippen molar-refractivity contribution in [2.24, 2.45) is 5.73 Å². The van der Waals surface area contributed by atoms with E-state index in [2.05, 4.69) is 5.32 Å². The number of nitrogens with one attached hydrogen (secondary N) is 1. The van der Waals surface area contributed by atoms with Crippen LogP contribution in [-0.4, -0.2) is 47.6 Å². The number of anilines is 1. The van der Waals surface area contributed by atoms with Gasteiger partial charge in [0.2, 0.25) is 5.91 Å². The number of nitrogens with two attached hydrogens (primary N) is 1. The molecule has 1 aliphatic rings. The van der Waals surface area contributed by atoms with E-state index >= 15 is 0 Å². The molecule has 1 aromatic rings. The van der Waals surface area contributed by atoms with E-state index in [0.29, 0.717) is 0 Å². The molecule has 1 aromatic carbocycles. The Morgan fingerprint density at radius 2 is 2.05 bits per heavy atom. The number of carboxylic acids is 1. The molecule has 21 heavy (non-hydrogen) atoms. The summed E-state index contributed by atoms with van der Waals surface area (Å²) in [4.78, 5) is 24.9. The number of amides is 1. The van der Waals surface area contributed by atoms with Crippen molar-refractivity contribution in [2.45, 2.75) is 18.9 Å². The van der Waals surface area contributed by atoms with Gasteiger partial charge in [-0.15, -0.1) is 0 Å². The number of hydrogen-bond acceptors (Lipinski definition) is 4. The Labute approximate surface area is 121 Å². The summed E-state index contributed by atoms with van der Waals surface area (Å²) < 4.78 is 13.2. The van der Waals surface area contributed by atoms with Gasteiger partial charge in [-0.25, -0.2) is 9.18 Å². The first-order valence-electron chi connectivity index (χ1n) is 6.76. The second-order valence-electron chi connectivity index (χ2n) is 5.16. The Balaban J connectivity index is 1.99. The Kier molecular flexibility index (Phi) is 4.87. The quantitative estimate of drug-likeness (QED) is 0.766. The highest BCUT2D eigenvalue weighted by molar-refractivity contribution is 6.01. The number of rotatable bonds is 4. The lowest BCUT2D eigenvalue weighted by atomic mass is 10.1. The molecule has 6 nitrogen and oxygen atoms in total. The van der Waals surface area contributed by atoms with Crippen LogP contribution in [0, 0.1) is 5.82 Å². The molecule has 1 fully saturated rings. The van der Waals surface area contributed by atoms with Crippen molar-refractivity contribution in [1.29, 1.82) is 0 Å². The minimum atomic E-state index is -1.21. The lowest BCUT2D eigenvalue weighted by molar-refractivity contribution is -0.117. The van der Waals surface area contributed by atoms with Crippen molar-refractivity contribution in [3.8, 4) is 0 Å². The van der Waals surface area contributed by atoms with Crippen molar-refractivity contribution in [3.63, 3.8) is 0 Å². The normalized spacial score (nSPS) is 16.7. The van der Waals surface area contributed by atoms with Gasteiger partial charge in [0.15, 0.2) is 0 Å². The van der Waals surface area contributed by atoms with Crippen LogP contribution >= 0.6 is 0 Å². The van der Waals surface area contributed by atoms with Gasteiger partial charge in [-0.2, -0.15) is 0 Å². The largest absolute Gasteiger partial charge is 0.478 e. The maximum atomic E-state index is 13.2. The standard InChI is InChI=1S/C14H18FN3O3/c15-9-1-2-11(14(20)21)12(7-9)17-13(19)8-18-5-3-10(16)4-6-18/h1-2,7,10H,3-6,8,16H2,(H,17,19)(H,20,21). The van der Waals surface area contributed by atoms with Crippen LogP contribution < -0.4 is 11.1 Å². The highest BCUT2D eigenvalue weighted by Crippen LogP contribution is 2.17. The van der Waals surface area contributed by atoms with Crippen LogP contribution in [0.25, 0.3) is 0 Å². The Bertz CT molecular complexity index is 542. The van der Waals surface area contributed by atoms with Crippen molar-refractivity contribution in [2.75, 3.05) is 25.0 Å². The van der Waals surface area contributed by atoms with Crippen LogP contribution in [0.2, 0.25) is 0 Å². The van der Waals surface area contributed by atoms with Crippen molar-refractivity contribution in [3.05, 3.63) is 29.6 Å². The summed E-state index contributed by atoms with van der Waals surface area (Å²) in [5, 5.41) is 11.5. The predicted octanol–water partition coefficient (Wildman–Crippen LogP) is 0.885. The van der Waals surface area contributed by atoms with E-state index < -0.39 is 11.8 Å². The van der Waals surface area contributed by atoms with E-state index in [1.807, 2.05) is 4.90 Å². The molecule has 0 aliphatic carbocycles. The van der Waals surface area contributed by atoms with E-state index in [4.69, 9.17) is 10.8 Å². The molecule has 0 radical (unpaired) electrons. The van der Waals surface area contributed by atoms with Gasteiger partial charge in [0.05, 0.1) is 17.8 Å². The molecule has 114 valence electrons. The average molecular weight is 295 g/mol. The molecule has 0 atom stereocenters. The second-order valence-corrected chi connectivity index (χ2v) is 5.16. The molecule has 0 unspecified atom stereocenters. The summed E-state index contributed by atoms with van der Waals surface area (Å²) in [6.07, 6.45) is 1.65. The monoisotopic (exact) mass is 295 g/mol. The highest BCUT2D eigenvalue weighted by Gasteiger charge is 2.19. The first-order valence-corrected chi connectivity index (χ1v) is 6.76. The smallest absolute Gasteiger partial charge is 0.337 e. The Morgan fingerprint density at radius 1 is 1.38 bits per heavy atom. The molecule has 4 N–H and O–H groups in total. The Hall–Kier alpha value is -1.99. The molecule has 1 amide bonds. The molecule has 1 heterocycles. The molecular formula is C14H18FN3O3. The average Bonchev–Trinajstić information content (AvgIpc) is 2.41. The Morgan fingerprint density at radius 3 is 2.67 bits per heavy atom. The minimum Gasteiger partial charge on any atom is -0.478 e. The van der Waals surface area contributed by atoms with E-state index in [9.17, 15) is 14.0 Å². The second kappa shape index (κ2) is 6.64. The number of carbonyl (C=O) groups is 2. The van der Waals surface area contributed by atoms with Crippen molar-refractivity contribution >= 4 is 17.6 Å². The van der Waals surface area contributed by atoms with Gasteiger partial charge in [0, 0.05) is 19.1 Å². The number of hydrogen-bond donors (Lipinski definition) is 3. The topological polar surface area (TPSA) is 95.7 Å². The van der Waals surface area contributed by atoms with Crippen molar-refractivity contribution < 1.29 is 19.1 Å². The zero-order valence-electron chi connectivity index (χ0n) is 11.5. The fourth-order valence-electron chi connectivity index (χ4n) is 2.31. The lowest BCUT2D eigenvalue weighted by Crippen LogP contribution is -2.43. The highest BCUT2D eigenvalue weighted by atomic mass is 19.1. The first kappa shape index (κ1) is 15.4. The molecule has 0 spiro atoms. The number of carboxylic acid groups (broad SMARTS) is 1. The molecule has 0 aromatic heterocycles. The maximum Gasteiger partial charge on any atom is 0.337 e. The van der Waals surface area contributed by atoms with Gasteiger partial charge >= 0.3 is 5.97 Å². The van der Waals surface area contributed by atoms with Gasteiger partial charge in [-0.1, -0.05) is 0 Å². The zero-order valence-corrected chi connectivity index (χ0v) is 11.5. The van der Waals surface area contributed by atoms with Crippen LogP contribution in [-0.2, 0) is 4.79 Å². The predicted molar refractivity (Wildman–Crippen MR) is 75.6 cm³/mol. The molecule has 0 saturated carbocycles. The number of piperidine rings is 1. The van der Waals surface area contributed by atoms with E-state index in [1.54, 1.807) is 0 Å². The van der Waals surface area contributed by atoms with Crippen molar-refractivity contribution in [1.82, 2.24) is 4.90 Å². The third kappa shape index (κ3) is 4.24. The number of nitrogens with zero attached hydrogens (tertiary/aromatic N) is 1. The molecule has 1 saturated heterocycles. The van der Waals surface area contributed by atoms with Crippen LogP contribution in [0.5, 0.6) is 0 Å². The van der Waals surface area contributed by atoms with Gasteiger partial charge in [0.25, 0.3) is 0 Å². The summed E-state index contributed by atoms with van der Waals surface area (Å²) in [6.45, 7) is 1.59. The van der Waals surface area contributed by atoms with Crippen LogP contribution in [0.4, 0.5) is 10.1 Å². The molecule has 0 bridgehead atoms. The minimum absolute atomic E-state index is 0.0267. The zero-order chi connectivity index (χ0) is 15.4. The molecule has 1 aliphatic heterocycles. The number of likely N-dealkylation sites (tertiary alicyclic amines) is 1. The van der Waals surface area contributed by atoms with E-state index in [1.165, 1.54) is 0 Å². The fourth-order valence-corrected chi connectivity index (χ4v) is 2.31. The van der Waals surface area contributed by atoms with Gasteiger partial charge in [-0.3, -0.25) is 9.69 Å². The summed E-state index contributed by atoms with van der Waals surface area (Å²) >= 11 is 0. The van der Waals surface area contributed by atoms with E-state index in [0.717, 1.165) is 44.1 Å². The number of halogens is 1. The van der Waals surface area contributed by atoms with E-state index in [-0.39, 0.29) is 29.7 Å². The number of benzene rings is 1. The molecule has 2 rings (SSSR count). The third-order valence-corrected chi connectivity index (χ3v) is 3.49. The third-order valence-electron chi connectivity index (χ3n) is 3.49. The number of aromatic carboxylic acids is 1. The first-order chi connectivity index (χ1) is 9.95. The van der Waals surface area contributed by atoms with Crippen LogP contribution in [0.15, 0.2) is 18.2 Å². The maximum absolute atomic E-state index is 13.2. The summed E-state index contributed by atoms with van der Waals surface area (Å²) in [6, 6.07) is 3.36. The van der Waals surface area contributed by atoms with Gasteiger partial charge in [0.1, 0.15) is 5.82 Å². The summed E-state index contributed by atoms with van der Waals surface area (Å²) in [5.74, 6) is -2.17. The SMILES string of the molecule is NC1CCN(CC(=O)Nc2cc(F)ccc2C(=O)O)CC1. The number of carbonyl (C=O) groups excluding carboxylic acids is 1. The van der Waals surface area contributed by atoms with Gasteiger partial charge in [-0.05, 0) is 31.0 Å². The lowest BCUT2D eigenvalue weighted by Gasteiger charge is -2.29. The van der Waals surface area contributed by atoms with Crippen LogP contribution in [0.1, 0.15) is 23.2 Å². The van der Waals surface area contributed by atoms with Crippen LogP contribution in [0.3, 0.4) is 0 Å². The van der Waals surface area contributed by atoms with Gasteiger partial charge < -0.3 is 16.2 Å².